The molecule has 3 aromatic carbocycles. The van der Waals surface area contributed by atoms with Crippen LogP contribution >= 0.6 is 11.8 Å². The van der Waals surface area contributed by atoms with Gasteiger partial charge in [-0.05, 0) is 78.4 Å². The molecule has 162 valence electrons. The van der Waals surface area contributed by atoms with E-state index in [2.05, 4.69) is 4.98 Å². The number of oxazole rings is 1. The zero-order valence-electron chi connectivity index (χ0n) is 17.1. The third kappa shape index (κ3) is 4.21. The van der Waals surface area contributed by atoms with Crippen molar-refractivity contribution < 1.29 is 23.4 Å². The number of rotatable bonds is 7. The molecule has 0 aliphatic heterocycles. The van der Waals surface area contributed by atoms with Gasteiger partial charge in [0.15, 0.2) is 12.2 Å². The first kappa shape index (κ1) is 20.6. The minimum Gasteiger partial charge on any atom is -0.482 e. The number of thioether (sulfide) groups is 1. The fourth-order valence-electron chi connectivity index (χ4n) is 4.02. The van der Waals surface area contributed by atoms with E-state index in [1.54, 1.807) is 23.9 Å². The number of carbonyl (C=O) groups is 1. The molecule has 5 nitrogen and oxygen atoms in total. The molecule has 1 N–H and O–H groups in total. The molecule has 0 amide bonds. The van der Waals surface area contributed by atoms with Gasteiger partial charge in [-0.15, -0.1) is 11.8 Å². The van der Waals surface area contributed by atoms with Gasteiger partial charge in [-0.1, -0.05) is 12.1 Å². The van der Waals surface area contributed by atoms with Gasteiger partial charge in [0.1, 0.15) is 17.1 Å². The van der Waals surface area contributed by atoms with Crippen molar-refractivity contribution in [2.45, 2.75) is 29.9 Å². The maximum absolute atomic E-state index is 13.5. The van der Waals surface area contributed by atoms with Gasteiger partial charge in [0.2, 0.25) is 5.89 Å². The van der Waals surface area contributed by atoms with Crippen LogP contribution in [0, 0.1) is 5.82 Å². The molecule has 5 rings (SSSR count). The molecule has 0 unspecified atom stereocenters. The lowest BCUT2D eigenvalue weighted by Gasteiger charge is -2.13. The molecule has 0 spiro atoms. The Balaban J connectivity index is 1.34. The summed E-state index contributed by atoms with van der Waals surface area (Å²) in [4.78, 5) is 16.6. The molecule has 4 aromatic rings. The number of fused-ring (bicyclic) bond motifs is 2. The van der Waals surface area contributed by atoms with Crippen LogP contribution in [0.4, 0.5) is 4.39 Å². The van der Waals surface area contributed by atoms with Gasteiger partial charge in [0, 0.05) is 16.2 Å². The third-order valence-electron chi connectivity index (χ3n) is 5.47. The summed E-state index contributed by atoms with van der Waals surface area (Å²) in [5, 5.41) is 8.88. The summed E-state index contributed by atoms with van der Waals surface area (Å²) >= 11 is 1.75. The standard InChI is InChI=1S/C25H20FNO4S/c26-17-4-1-3-16(12-17)25-27-20-11-15(7-8-22(20)31-25)14-32-23-10-9-21(30-13-24(28)29)18-5-2-6-19(18)23/h1,3-4,7-12H,2,5-6,13-14H2,(H,28,29). The first-order valence-electron chi connectivity index (χ1n) is 10.3. The van der Waals surface area contributed by atoms with Gasteiger partial charge in [-0.25, -0.2) is 14.2 Å². The van der Waals surface area contributed by atoms with E-state index in [0.717, 1.165) is 41.7 Å². The highest BCUT2D eigenvalue weighted by Gasteiger charge is 2.20. The summed E-state index contributed by atoms with van der Waals surface area (Å²) in [6.07, 6.45) is 2.93. The van der Waals surface area contributed by atoms with Gasteiger partial charge in [-0.3, -0.25) is 0 Å². The second-order valence-corrected chi connectivity index (χ2v) is 8.69. The van der Waals surface area contributed by atoms with Crippen molar-refractivity contribution in [3.8, 4) is 17.2 Å². The number of carboxylic acid groups (broad SMARTS) is 1. The molecule has 1 aromatic heterocycles. The molecule has 0 atom stereocenters. The summed E-state index contributed by atoms with van der Waals surface area (Å²) < 4.78 is 24.8. The fourth-order valence-corrected chi connectivity index (χ4v) is 5.08. The predicted molar refractivity (Wildman–Crippen MR) is 121 cm³/mol. The number of hydrogen-bond donors (Lipinski definition) is 1. The lowest BCUT2D eigenvalue weighted by atomic mass is 10.1. The number of aliphatic carboxylic acids is 1. The lowest BCUT2D eigenvalue weighted by Crippen LogP contribution is -2.10. The Morgan fingerprint density at radius 1 is 1.12 bits per heavy atom. The smallest absolute Gasteiger partial charge is 0.341 e. The number of benzene rings is 3. The van der Waals surface area contributed by atoms with E-state index in [4.69, 9.17) is 14.3 Å². The topological polar surface area (TPSA) is 72.6 Å². The maximum Gasteiger partial charge on any atom is 0.341 e. The zero-order valence-corrected chi connectivity index (χ0v) is 18.0. The molecule has 0 saturated heterocycles. The SMILES string of the molecule is O=C(O)COc1ccc(SCc2ccc3oc(-c4cccc(F)c4)nc3c2)c2c1CCC2. The summed E-state index contributed by atoms with van der Waals surface area (Å²) in [5.74, 6) is 0.546. The van der Waals surface area contributed by atoms with E-state index in [9.17, 15) is 9.18 Å². The first-order chi connectivity index (χ1) is 15.6. The third-order valence-corrected chi connectivity index (χ3v) is 6.64. The highest BCUT2D eigenvalue weighted by molar-refractivity contribution is 7.98. The molecule has 1 aliphatic rings. The zero-order chi connectivity index (χ0) is 22.1. The van der Waals surface area contributed by atoms with Crippen LogP contribution < -0.4 is 4.74 Å². The van der Waals surface area contributed by atoms with Gasteiger partial charge in [0.05, 0.1) is 0 Å². The van der Waals surface area contributed by atoms with Crippen LogP contribution in [0.3, 0.4) is 0 Å². The van der Waals surface area contributed by atoms with E-state index >= 15 is 0 Å². The van der Waals surface area contributed by atoms with Crippen molar-refractivity contribution in [1.29, 1.82) is 0 Å². The summed E-state index contributed by atoms with van der Waals surface area (Å²) in [7, 11) is 0. The number of carboxylic acids is 1. The number of hydrogen-bond acceptors (Lipinski definition) is 5. The van der Waals surface area contributed by atoms with Crippen molar-refractivity contribution in [1.82, 2.24) is 4.98 Å². The highest BCUT2D eigenvalue weighted by Crippen LogP contribution is 2.39. The minimum atomic E-state index is -0.973. The Bertz CT molecular complexity index is 1320. The molecule has 1 heterocycles. The molecule has 0 saturated carbocycles. The van der Waals surface area contributed by atoms with Crippen LogP contribution in [0.25, 0.3) is 22.6 Å². The van der Waals surface area contributed by atoms with E-state index in [0.29, 0.717) is 22.8 Å². The quantitative estimate of drug-likeness (QED) is 0.355. The largest absolute Gasteiger partial charge is 0.482 e. The lowest BCUT2D eigenvalue weighted by molar-refractivity contribution is -0.139. The van der Waals surface area contributed by atoms with Crippen LogP contribution in [0.5, 0.6) is 5.75 Å². The molecule has 1 aliphatic carbocycles. The van der Waals surface area contributed by atoms with Crippen molar-refractivity contribution in [2.75, 3.05) is 6.61 Å². The fraction of sp³-hybridized carbons (Fsp3) is 0.200. The van der Waals surface area contributed by atoms with Crippen LogP contribution in [0.2, 0.25) is 0 Å². The number of halogens is 1. The molecule has 7 heteroatoms. The van der Waals surface area contributed by atoms with Crippen molar-refractivity contribution in [2.24, 2.45) is 0 Å². The Morgan fingerprint density at radius 3 is 2.84 bits per heavy atom. The second-order valence-electron chi connectivity index (χ2n) is 7.68. The van der Waals surface area contributed by atoms with E-state index in [1.165, 1.54) is 22.6 Å². The Kier molecular flexibility index (Phi) is 5.57. The van der Waals surface area contributed by atoms with Crippen LogP contribution in [-0.4, -0.2) is 22.7 Å². The predicted octanol–water partition coefficient (Wildman–Crippen LogP) is 5.88. The molecule has 0 radical (unpaired) electrons. The van der Waals surface area contributed by atoms with Crippen LogP contribution in [0.1, 0.15) is 23.1 Å². The molecule has 0 bridgehead atoms. The Hall–Kier alpha value is -3.32. The first-order valence-corrected chi connectivity index (χ1v) is 11.3. The van der Waals surface area contributed by atoms with E-state index < -0.39 is 5.97 Å². The minimum absolute atomic E-state index is 0.325. The Morgan fingerprint density at radius 2 is 2.00 bits per heavy atom. The average molecular weight is 450 g/mol. The number of nitrogens with zero attached hydrogens (tertiary/aromatic N) is 1. The van der Waals surface area contributed by atoms with Crippen molar-refractivity contribution in [3.63, 3.8) is 0 Å². The summed E-state index contributed by atoms with van der Waals surface area (Å²) in [5.41, 5.74) is 5.51. The number of ether oxygens (including phenoxy) is 1. The molecule has 0 fully saturated rings. The normalized spacial score (nSPS) is 12.8. The van der Waals surface area contributed by atoms with Crippen molar-refractivity contribution >= 4 is 28.8 Å². The van der Waals surface area contributed by atoms with E-state index in [1.807, 2.05) is 30.3 Å². The average Bonchev–Trinajstić information content (AvgIpc) is 3.43. The summed E-state index contributed by atoms with van der Waals surface area (Å²) in [6.45, 7) is -0.325. The van der Waals surface area contributed by atoms with Gasteiger partial charge in [0.25, 0.3) is 0 Å². The maximum atomic E-state index is 13.5. The second kappa shape index (κ2) is 8.67. The molecule has 32 heavy (non-hydrogen) atoms. The summed E-state index contributed by atoms with van der Waals surface area (Å²) in [6, 6.07) is 16.0. The van der Waals surface area contributed by atoms with Crippen molar-refractivity contribution in [3.05, 3.63) is 77.1 Å². The van der Waals surface area contributed by atoms with Gasteiger partial charge < -0.3 is 14.3 Å². The molecular formula is C25H20FNO4S. The van der Waals surface area contributed by atoms with Gasteiger partial charge >= 0.3 is 5.97 Å². The monoisotopic (exact) mass is 449 g/mol. The molecular weight excluding hydrogens is 429 g/mol. The van der Waals surface area contributed by atoms with Crippen LogP contribution in [0.15, 0.2) is 63.9 Å². The van der Waals surface area contributed by atoms with Gasteiger partial charge in [-0.2, -0.15) is 0 Å². The van der Waals surface area contributed by atoms with E-state index in [-0.39, 0.29) is 12.4 Å². The Labute approximate surface area is 188 Å². The number of aromatic nitrogens is 1. The van der Waals surface area contributed by atoms with Crippen LogP contribution in [-0.2, 0) is 23.4 Å². The highest BCUT2D eigenvalue weighted by atomic mass is 32.2.